The fourth-order valence-electron chi connectivity index (χ4n) is 3.40. The molecule has 0 aliphatic carbocycles. The van der Waals surface area contributed by atoms with Crippen LogP contribution >= 0.6 is 0 Å². The largest absolute Gasteiger partial charge is 0.354 e. The third-order valence-corrected chi connectivity index (χ3v) is 5.12. The minimum atomic E-state index is -0.0420. The Bertz CT molecular complexity index is 1260. The first-order valence-corrected chi connectivity index (χ1v) is 10.2. The summed E-state index contributed by atoms with van der Waals surface area (Å²) in [5, 5.41) is 7.37. The van der Waals surface area contributed by atoms with E-state index >= 15 is 0 Å². The van der Waals surface area contributed by atoms with Crippen LogP contribution in [0.4, 0.5) is 0 Å². The summed E-state index contributed by atoms with van der Waals surface area (Å²) in [7, 11) is 1.92. The lowest BCUT2D eigenvalue weighted by atomic mass is 10.1. The van der Waals surface area contributed by atoms with Crippen LogP contribution in [0.3, 0.4) is 0 Å². The topological polar surface area (TPSA) is 85.8 Å². The lowest BCUT2D eigenvalue weighted by molar-refractivity contribution is 0.433. The molecule has 3 heterocycles. The Hall–Kier alpha value is -3.58. The van der Waals surface area contributed by atoms with Gasteiger partial charge in [0.05, 0.1) is 17.6 Å². The molecule has 7 heteroatoms. The highest BCUT2D eigenvalue weighted by atomic mass is 16.5. The van der Waals surface area contributed by atoms with E-state index in [1.165, 1.54) is 5.56 Å². The Morgan fingerprint density at radius 2 is 1.81 bits per heavy atom. The van der Waals surface area contributed by atoms with Crippen LogP contribution in [0, 0.1) is 6.92 Å². The SMILES string of the molecule is CNCc1ccc(-c2cc(-c3nc(-c4ccc(=O)n(C(C)C)c4)cnc3C)on2)cc1. The number of aryl methyl sites for hydroxylation is 1. The maximum absolute atomic E-state index is 12.1. The second-order valence-corrected chi connectivity index (χ2v) is 7.75. The Labute approximate surface area is 180 Å². The summed E-state index contributed by atoms with van der Waals surface area (Å²) >= 11 is 0. The summed E-state index contributed by atoms with van der Waals surface area (Å²) in [4.78, 5) is 21.3. The maximum atomic E-state index is 12.1. The molecule has 158 valence electrons. The van der Waals surface area contributed by atoms with Crippen LogP contribution in [0.1, 0.15) is 31.1 Å². The minimum Gasteiger partial charge on any atom is -0.354 e. The molecule has 4 aromatic rings. The van der Waals surface area contributed by atoms with Gasteiger partial charge in [0, 0.05) is 42.0 Å². The van der Waals surface area contributed by atoms with Crippen molar-refractivity contribution in [1.29, 1.82) is 0 Å². The van der Waals surface area contributed by atoms with Gasteiger partial charge in [0.2, 0.25) is 0 Å². The van der Waals surface area contributed by atoms with E-state index in [1.807, 2.05) is 52.2 Å². The van der Waals surface area contributed by atoms with Crippen molar-refractivity contribution in [3.63, 3.8) is 0 Å². The summed E-state index contributed by atoms with van der Waals surface area (Å²) in [5.74, 6) is 0.554. The zero-order chi connectivity index (χ0) is 22.0. The fraction of sp³-hybridized carbons (Fsp3) is 0.250. The summed E-state index contributed by atoms with van der Waals surface area (Å²) in [5.41, 5.74) is 5.74. The molecule has 0 saturated heterocycles. The highest BCUT2D eigenvalue weighted by Crippen LogP contribution is 2.28. The highest BCUT2D eigenvalue weighted by molar-refractivity contribution is 5.68. The lowest BCUT2D eigenvalue weighted by Crippen LogP contribution is -2.20. The normalized spacial score (nSPS) is 11.3. The first-order valence-electron chi connectivity index (χ1n) is 10.2. The molecule has 0 atom stereocenters. The first-order chi connectivity index (χ1) is 15.0. The monoisotopic (exact) mass is 415 g/mol. The van der Waals surface area contributed by atoms with E-state index < -0.39 is 0 Å². The van der Waals surface area contributed by atoms with E-state index in [-0.39, 0.29) is 11.6 Å². The molecule has 0 fully saturated rings. The molecule has 31 heavy (non-hydrogen) atoms. The van der Waals surface area contributed by atoms with Gasteiger partial charge in [-0.25, -0.2) is 4.98 Å². The average molecular weight is 415 g/mol. The number of aromatic nitrogens is 4. The van der Waals surface area contributed by atoms with Crippen LogP contribution in [-0.2, 0) is 6.54 Å². The van der Waals surface area contributed by atoms with Gasteiger partial charge in [0.1, 0.15) is 11.4 Å². The number of hydrogen-bond acceptors (Lipinski definition) is 6. The maximum Gasteiger partial charge on any atom is 0.250 e. The molecule has 4 rings (SSSR count). The Morgan fingerprint density at radius 1 is 1.06 bits per heavy atom. The van der Waals surface area contributed by atoms with E-state index in [0.29, 0.717) is 17.1 Å². The smallest absolute Gasteiger partial charge is 0.250 e. The third kappa shape index (κ3) is 4.32. The number of rotatable bonds is 6. The van der Waals surface area contributed by atoms with Crippen molar-refractivity contribution in [1.82, 2.24) is 25.0 Å². The van der Waals surface area contributed by atoms with E-state index in [2.05, 4.69) is 27.6 Å². The third-order valence-electron chi connectivity index (χ3n) is 5.12. The van der Waals surface area contributed by atoms with Crippen molar-refractivity contribution in [3.05, 3.63) is 76.5 Å². The van der Waals surface area contributed by atoms with Crippen LogP contribution in [0.25, 0.3) is 34.0 Å². The van der Waals surface area contributed by atoms with Gasteiger partial charge in [-0.3, -0.25) is 9.78 Å². The molecule has 0 saturated carbocycles. The highest BCUT2D eigenvalue weighted by Gasteiger charge is 2.15. The van der Waals surface area contributed by atoms with Crippen molar-refractivity contribution < 1.29 is 4.52 Å². The summed E-state index contributed by atoms with van der Waals surface area (Å²) < 4.78 is 7.30. The van der Waals surface area contributed by atoms with Crippen LogP contribution in [-0.4, -0.2) is 26.7 Å². The van der Waals surface area contributed by atoms with Crippen molar-refractivity contribution in [2.45, 2.75) is 33.4 Å². The van der Waals surface area contributed by atoms with Gasteiger partial charge in [-0.05, 0) is 39.4 Å². The zero-order valence-corrected chi connectivity index (χ0v) is 18.1. The Kier molecular flexibility index (Phi) is 5.77. The average Bonchev–Trinajstić information content (AvgIpc) is 3.25. The molecule has 0 unspecified atom stereocenters. The molecular formula is C24H25N5O2. The summed E-state index contributed by atoms with van der Waals surface area (Å²) in [6.45, 7) is 6.64. The number of nitrogens with zero attached hydrogens (tertiary/aromatic N) is 4. The van der Waals surface area contributed by atoms with E-state index in [4.69, 9.17) is 9.51 Å². The van der Waals surface area contributed by atoms with Gasteiger partial charge < -0.3 is 14.4 Å². The Morgan fingerprint density at radius 3 is 2.52 bits per heavy atom. The Balaban J connectivity index is 1.68. The zero-order valence-electron chi connectivity index (χ0n) is 18.1. The van der Waals surface area contributed by atoms with Crippen LogP contribution in [0.2, 0.25) is 0 Å². The molecular weight excluding hydrogens is 390 g/mol. The number of pyridine rings is 1. The predicted molar refractivity (Wildman–Crippen MR) is 121 cm³/mol. The first kappa shape index (κ1) is 20.7. The standard InChI is InChI=1S/C24H25N5O2/c1-15(2)29-14-19(9-10-23(29)30)21-13-26-16(3)24(27-21)22-11-20(28-31-22)18-7-5-17(6-8-18)12-25-4/h5-11,13-15,25H,12H2,1-4H3. The molecule has 0 bridgehead atoms. The van der Waals surface area contributed by atoms with Crippen LogP contribution in [0.15, 0.2) is 64.2 Å². The van der Waals surface area contributed by atoms with E-state index in [0.717, 1.165) is 29.1 Å². The number of benzene rings is 1. The predicted octanol–water partition coefficient (Wildman–Crippen LogP) is 4.24. The fourth-order valence-corrected chi connectivity index (χ4v) is 3.40. The van der Waals surface area contributed by atoms with Crippen molar-refractivity contribution in [2.75, 3.05) is 7.05 Å². The molecule has 3 aromatic heterocycles. The lowest BCUT2D eigenvalue weighted by Gasteiger charge is -2.11. The molecule has 0 aliphatic rings. The van der Waals surface area contributed by atoms with Gasteiger partial charge in [-0.2, -0.15) is 0 Å². The van der Waals surface area contributed by atoms with Crippen LogP contribution < -0.4 is 10.9 Å². The molecule has 7 nitrogen and oxygen atoms in total. The minimum absolute atomic E-state index is 0.0420. The van der Waals surface area contributed by atoms with Gasteiger partial charge in [0.25, 0.3) is 5.56 Å². The molecule has 1 N–H and O–H groups in total. The summed E-state index contributed by atoms with van der Waals surface area (Å²) in [6.07, 6.45) is 3.52. The number of hydrogen-bond donors (Lipinski definition) is 1. The van der Waals surface area contributed by atoms with E-state index in [1.54, 1.807) is 22.9 Å². The molecule has 0 aliphatic heterocycles. The quantitative estimate of drug-likeness (QED) is 0.507. The van der Waals surface area contributed by atoms with Gasteiger partial charge in [-0.15, -0.1) is 0 Å². The van der Waals surface area contributed by atoms with Crippen molar-refractivity contribution >= 4 is 0 Å². The van der Waals surface area contributed by atoms with Gasteiger partial charge >= 0.3 is 0 Å². The number of nitrogens with one attached hydrogen (secondary N) is 1. The summed E-state index contributed by atoms with van der Waals surface area (Å²) in [6, 6.07) is 13.4. The molecule has 0 spiro atoms. The van der Waals surface area contributed by atoms with Crippen LogP contribution in [0.5, 0.6) is 0 Å². The van der Waals surface area contributed by atoms with Gasteiger partial charge in [-0.1, -0.05) is 29.4 Å². The second kappa shape index (κ2) is 8.65. The second-order valence-electron chi connectivity index (χ2n) is 7.75. The molecule has 0 radical (unpaired) electrons. The van der Waals surface area contributed by atoms with Crippen molar-refractivity contribution in [3.8, 4) is 34.0 Å². The van der Waals surface area contributed by atoms with Gasteiger partial charge in [0.15, 0.2) is 5.76 Å². The van der Waals surface area contributed by atoms with Crippen molar-refractivity contribution in [2.24, 2.45) is 0 Å². The van der Waals surface area contributed by atoms with E-state index in [9.17, 15) is 4.79 Å². The molecule has 1 aromatic carbocycles. The molecule has 0 amide bonds.